The molecule has 0 atom stereocenters. The molecule has 0 aromatic carbocycles. The van der Waals surface area contributed by atoms with Crippen LogP contribution in [0.5, 0.6) is 0 Å². The zero-order chi connectivity index (χ0) is 6.97. The van der Waals surface area contributed by atoms with Gasteiger partial charge in [-0.05, 0) is 12.2 Å². The van der Waals surface area contributed by atoms with Gasteiger partial charge in [-0.15, -0.1) is 5.53 Å². The minimum atomic E-state index is 1.05. The number of hydrogen-bond acceptors (Lipinski definition) is 4. The van der Waals surface area contributed by atoms with Crippen LogP contribution in [-0.4, -0.2) is 10.1 Å². The molecule has 2 heterocycles. The summed E-state index contributed by atoms with van der Waals surface area (Å²) in [6.07, 6.45) is 9.57. The van der Waals surface area contributed by atoms with Gasteiger partial charge in [0.1, 0.15) is 0 Å². The summed E-state index contributed by atoms with van der Waals surface area (Å²) in [7, 11) is 0. The van der Waals surface area contributed by atoms with Crippen LogP contribution in [-0.2, 0) is 0 Å². The van der Waals surface area contributed by atoms with Crippen LogP contribution in [0.2, 0.25) is 0 Å². The van der Waals surface area contributed by atoms with Gasteiger partial charge in [0, 0.05) is 6.20 Å². The van der Waals surface area contributed by atoms with Gasteiger partial charge < -0.3 is 0 Å². The van der Waals surface area contributed by atoms with E-state index in [1.165, 1.54) is 5.12 Å². The number of hydrogen-bond donors (Lipinski definition) is 2. The third-order valence-corrected chi connectivity index (χ3v) is 1.39. The minimum absolute atomic E-state index is 1.05. The lowest BCUT2D eigenvalue weighted by atomic mass is 10.3. The Morgan fingerprint density at radius 1 is 1.40 bits per heavy atom. The average molecular weight is 136 g/mol. The molecule has 10 heavy (non-hydrogen) atoms. The van der Waals surface area contributed by atoms with Crippen molar-refractivity contribution >= 4 is 0 Å². The highest BCUT2D eigenvalue weighted by Gasteiger charge is 2.14. The van der Waals surface area contributed by atoms with Gasteiger partial charge in [0.25, 0.3) is 0 Å². The fourth-order valence-electron chi connectivity index (χ4n) is 0.948. The monoisotopic (exact) mass is 136 g/mol. The molecule has 3 N–H and O–H groups in total. The molecule has 2 rings (SSSR count). The molecular weight excluding hydrogens is 128 g/mol. The molecular formula is C6H8N4. The zero-order valence-corrected chi connectivity index (χ0v) is 5.36. The van der Waals surface area contributed by atoms with E-state index in [1.807, 2.05) is 29.4 Å². The summed E-state index contributed by atoms with van der Waals surface area (Å²) in [6.45, 7) is 0. The Labute approximate surface area is 58.8 Å². The van der Waals surface area contributed by atoms with E-state index in [0.717, 1.165) is 5.70 Å². The first-order chi connectivity index (χ1) is 4.86. The largest absolute Gasteiger partial charge is 0.264 e. The van der Waals surface area contributed by atoms with Crippen molar-refractivity contribution < 1.29 is 0 Å². The normalized spacial score (nSPS) is 21.5. The number of nitrogens with one attached hydrogen (secondary N) is 1. The maximum Gasteiger partial charge on any atom is 0.0780 e. The first kappa shape index (κ1) is 5.52. The van der Waals surface area contributed by atoms with Crippen LogP contribution in [0.4, 0.5) is 0 Å². The number of nitrogens with two attached hydrogens (primary N) is 1. The number of hydrazine groups is 3. The van der Waals surface area contributed by atoms with E-state index in [1.54, 1.807) is 6.20 Å². The van der Waals surface area contributed by atoms with E-state index in [0.29, 0.717) is 0 Å². The lowest BCUT2D eigenvalue weighted by Gasteiger charge is -2.18. The second-order valence-corrected chi connectivity index (χ2v) is 2.13. The zero-order valence-electron chi connectivity index (χ0n) is 5.36. The third-order valence-electron chi connectivity index (χ3n) is 1.39. The van der Waals surface area contributed by atoms with Crippen LogP contribution < -0.4 is 11.4 Å². The lowest BCUT2D eigenvalue weighted by Crippen LogP contribution is -2.41. The quantitative estimate of drug-likeness (QED) is 0.453. The van der Waals surface area contributed by atoms with Gasteiger partial charge in [-0.25, -0.2) is 11.0 Å². The van der Waals surface area contributed by atoms with Crippen molar-refractivity contribution in [3.63, 3.8) is 0 Å². The van der Waals surface area contributed by atoms with E-state index < -0.39 is 0 Å². The van der Waals surface area contributed by atoms with Crippen LogP contribution >= 0.6 is 0 Å². The van der Waals surface area contributed by atoms with E-state index in [2.05, 4.69) is 5.53 Å². The molecule has 0 aromatic heterocycles. The predicted molar refractivity (Wildman–Crippen MR) is 37.4 cm³/mol. The topological polar surface area (TPSA) is 44.5 Å². The molecule has 0 spiro atoms. The summed E-state index contributed by atoms with van der Waals surface area (Å²) in [4.78, 5) is 0. The molecule has 0 unspecified atom stereocenters. The van der Waals surface area contributed by atoms with Crippen molar-refractivity contribution in [2.75, 3.05) is 0 Å². The average Bonchev–Trinajstić information content (AvgIpc) is 2.27. The van der Waals surface area contributed by atoms with E-state index >= 15 is 0 Å². The Hall–Kier alpha value is -1.26. The fraction of sp³-hybridized carbons (Fsp3) is 0. The number of rotatable bonds is 0. The number of allylic oxidation sites excluding steroid dienone is 3. The van der Waals surface area contributed by atoms with E-state index in [4.69, 9.17) is 5.84 Å². The Balaban J connectivity index is 2.29. The van der Waals surface area contributed by atoms with E-state index in [-0.39, 0.29) is 0 Å². The van der Waals surface area contributed by atoms with Gasteiger partial charge in [-0.1, -0.05) is 6.08 Å². The van der Waals surface area contributed by atoms with Crippen molar-refractivity contribution in [1.82, 2.24) is 15.7 Å². The van der Waals surface area contributed by atoms with Crippen LogP contribution in [0.1, 0.15) is 0 Å². The molecule has 2 aliphatic heterocycles. The Morgan fingerprint density at radius 2 is 2.30 bits per heavy atom. The molecule has 2 aliphatic rings. The van der Waals surface area contributed by atoms with Gasteiger partial charge in [0.05, 0.1) is 11.9 Å². The van der Waals surface area contributed by atoms with Crippen molar-refractivity contribution in [2.24, 2.45) is 5.84 Å². The summed E-state index contributed by atoms with van der Waals surface area (Å²) in [5.41, 5.74) is 3.92. The van der Waals surface area contributed by atoms with Crippen LogP contribution in [0.25, 0.3) is 0 Å². The standard InChI is InChI=1S/C6H8N4/c7-10-5-6-3-1-2-4-9(6)8-10/h1-5,8H,7H2. The molecule has 0 saturated heterocycles. The Bertz CT molecular complexity index is 228. The molecule has 0 bridgehead atoms. The molecule has 0 amide bonds. The van der Waals surface area contributed by atoms with Crippen molar-refractivity contribution in [2.45, 2.75) is 0 Å². The Morgan fingerprint density at radius 3 is 3.10 bits per heavy atom. The minimum Gasteiger partial charge on any atom is -0.264 e. The summed E-state index contributed by atoms with van der Waals surface area (Å²) in [5.74, 6) is 5.43. The van der Waals surface area contributed by atoms with Crippen molar-refractivity contribution in [3.8, 4) is 0 Å². The fourth-order valence-corrected chi connectivity index (χ4v) is 0.948. The van der Waals surface area contributed by atoms with Gasteiger partial charge in [0.15, 0.2) is 0 Å². The van der Waals surface area contributed by atoms with Crippen molar-refractivity contribution in [1.29, 1.82) is 0 Å². The van der Waals surface area contributed by atoms with Crippen molar-refractivity contribution in [3.05, 3.63) is 36.3 Å². The highest BCUT2D eigenvalue weighted by atomic mass is 15.9. The van der Waals surface area contributed by atoms with Gasteiger partial charge in [-0.3, -0.25) is 5.01 Å². The first-order valence-corrected chi connectivity index (χ1v) is 3.02. The van der Waals surface area contributed by atoms with E-state index in [9.17, 15) is 0 Å². The Kier molecular flexibility index (Phi) is 1.03. The molecule has 0 aliphatic carbocycles. The summed E-state index contributed by atoms with van der Waals surface area (Å²) in [6, 6.07) is 0. The van der Waals surface area contributed by atoms with Crippen LogP contribution in [0.15, 0.2) is 36.3 Å². The van der Waals surface area contributed by atoms with Crippen LogP contribution in [0, 0.1) is 0 Å². The smallest absolute Gasteiger partial charge is 0.0780 e. The molecule has 0 radical (unpaired) electrons. The predicted octanol–water partition coefficient (Wildman–Crippen LogP) is -0.178. The third kappa shape index (κ3) is 0.706. The number of fused-ring (bicyclic) bond motifs is 1. The highest BCUT2D eigenvalue weighted by molar-refractivity contribution is 5.28. The maximum atomic E-state index is 5.43. The van der Waals surface area contributed by atoms with Gasteiger partial charge in [0.2, 0.25) is 0 Å². The molecule has 0 aromatic rings. The molecule has 0 saturated carbocycles. The molecule has 52 valence electrons. The molecule has 0 fully saturated rings. The lowest BCUT2D eigenvalue weighted by molar-refractivity contribution is 0.177. The second kappa shape index (κ2) is 1.86. The first-order valence-electron chi connectivity index (χ1n) is 3.02. The number of nitrogens with zero attached hydrogens (tertiary/aromatic N) is 2. The summed E-state index contributed by atoms with van der Waals surface area (Å²) < 4.78 is 0. The maximum absolute atomic E-state index is 5.43. The molecule has 4 nitrogen and oxygen atoms in total. The SMILES string of the molecule is NN1C=C2C=CC=CN2N1. The van der Waals surface area contributed by atoms with Gasteiger partial charge in [-0.2, -0.15) is 0 Å². The molecule has 4 heteroatoms. The van der Waals surface area contributed by atoms with Crippen LogP contribution in [0.3, 0.4) is 0 Å². The summed E-state index contributed by atoms with van der Waals surface area (Å²) >= 11 is 0. The summed E-state index contributed by atoms with van der Waals surface area (Å²) in [5, 5.41) is 3.25. The highest BCUT2D eigenvalue weighted by Crippen LogP contribution is 2.13. The van der Waals surface area contributed by atoms with Gasteiger partial charge >= 0.3 is 0 Å². The second-order valence-electron chi connectivity index (χ2n) is 2.13.